The second kappa shape index (κ2) is 5.35. The van der Waals surface area contributed by atoms with Crippen LogP contribution in [0.2, 0.25) is 0 Å². The van der Waals surface area contributed by atoms with Gasteiger partial charge in [-0.3, -0.25) is 9.36 Å². The highest BCUT2D eigenvalue weighted by molar-refractivity contribution is 5.75. The number of hydrogen-bond acceptors (Lipinski definition) is 3. The third-order valence-electron chi connectivity index (χ3n) is 4.28. The molecule has 1 aliphatic rings. The van der Waals surface area contributed by atoms with Crippen molar-refractivity contribution < 1.29 is 13.9 Å². The Hall–Kier alpha value is -2.11. The number of imidazole rings is 1. The van der Waals surface area contributed by atoms with E-state index in [1.54, 1.807) is 10.6 Å². The highest BCUT2D eigenvalue weighted by Crippen LogP contribution is 2.33. The number of nitrogens with one attached hydrogen (secondary N) is 1. The molecular weight excluding hydrogens is 275 g/mol. The lowest BCUT2D eigenvalue weighted by Gasteiger charge is -2.27. The highest BCUT2D eigenvalue weighted by Gasteiger charge is 2.29. The number of aromatic amines is 1. The van der Waals surface area contributed by atoms with Crippen LogP contribution in [0.5, 0.6) is 0 Å². The van der Waals surface area contributed by atoms with Gasteiger partial charge in [0.05, 0.1) is 24.1 Å². The molecule has 0 aliphatic heterocycles. The predicted molar refractivity (Wildman–Crippen MR) is 75.5 cm³/mol. The number of carbonyl (C=O) groups is 1. The number of methoxy groups -OCH3 is 1. The Morgan fingerprint density at radius 1 is 1.33 bits per heavy atom. The SMILES string of the molecule is COC(=O)C1CCC(n2c(=O)[nH]c3ccc(F)cc32)CC1. The van der Waals surface area contributed by atoms with Crippen LogP contribution in [0.15, 0.2) is 23.0 Å². The molecule has 1 fully saturated rings. The van der Waals surface area contributed by atoms with Crippen molar-refractivity contribution in [2.24, 2.45) is 5.92 Å². The first-order valence-corrected chi connectivity index (χ1v) is 7.07. The molecule has 112 valence electrons. The summed E-state index contributed by atoms with van der Waals surface area (Å²) in [5.74, 6) is -0.645. The van der Waals surface area contributed by atoms with Gasteiger partial charge in [0.25, 0.3) is 0 Å². The molecular formula is C15H17FN2O3. The van der Waals surface area contributed by atoms with Gasteiger partial charge in [0.15, 0.2) is 0 Å². The van der Waals surface area contributed by atoms with Crippen LogP contribution in [0, 0.1) is 11.7 Å². The Labute approximate surface area is 120 Å². The zero-order chi connectivity index (χ0) is 15.0. The van der Waals surface area contributed by atoms with Crippen molar-refractivity contribution >= 4 is 17.0 Å². The van der Waals surface area contributed by atoms with Gasteiger partial charge in [-0.25, -0.2) is 9.18 Å². The number of halogens is 1. The van der Waals surface area contributed by atoms with Gasteiger partial charge in [-0.1, -0.05) is 0 Å². The second-order valence-corrected chi connectivity index (χ2v) is 5.49. The fourth-order valence-electron chi connectivity index (χ4n) is 3.19. The molecule has 2 aromatic rings. The number of aromatic nitrogens is 2. The van der Waals surface area contributed by atoms with Crippen LogP contribution in [0.1, 0.15) is 31.7 Å². The van der Waals surface area contributed by atoms with Crippen LogP contribution < -0.4 is 5.69 Å². The average molecular weight is 292 g/mol. The van der Waals surface area contributed by atoms with Crippen molar-refractivity contribution in [2.75, 3.05) is 7.11 Å². The molecule has 0 radical (unpaired) electrons. The van der Waals surface area contributed by atoms with Crippen molar-refractivity contribution in [1.29, 1.82) is 0 Å². The molecule has 1 aromatic heterocycles. The number of esters is 1. The summed E-state index contributed by atoms with van der Waals surface area (Å²) < 4.78 is 19.8. The molecule has 0 bridgehead atoms. The third kappa shape index (κ3) is 2.46. The van der Waals surface area contributed by atoms with Gasteiger partial charge in [-0.15, -0.1) is 0 Å². The van der Waals surface area contributed by atoms with Gasteiger partial charge in [0.1, 0.15) is 5.82 Å². The maximum absolute atomic E-state index is 13.4. The van der Waals surface area contributed by atoms with Crippen LogP contribution >= 0.6 is 0 Å². The summed E-state index contributed by atoms with van der Waals surface area (Å²) in [6.07, 6.45) is 2.80. The molecule has 0 unspecified atom stereocenters. The van der Waals surface area contributed by atoms with Crippen molar-refractivity contribution in [3.05, 3.63) is 34.5 Å². The van der Waals surface area contributed by atoms with E-state index in [4.69, 9.17) is 4.74 Å². The van der Waals surface area contributed by atoms with E-state index in [-0.39, 0.29) is 29.4 Å². The van der Waals surface area contributed by atoms with Crippen molar-refractivity contribution in [3.8, 4) is 0 Å². The quantitative estimate of drug-likeness (QED) is 0.864. The zero-order valence-electron chi connectivity index (χ0n) is 11.8. The number of nitrogens with zero attached hydrogens (tertiary/aromatic N) is 1. The van der Waals surface area contributed by atoms with Gasteiger partial charge in [-0.2, -0.15) is 0 Å². The van der Waals surface area contributed by atoms with E-state index in [1.165, 1.54) is 19.2 Å². The van der Waals surface area contributed by atoms with Crippen LogP contribution in [-0.4, -0.2) is 22.6 Å². The summed E-state index contributed by atoms with van der Waals surface area (Å²) in [6, 6.07) is 4.27. The molecule has 1 aliphatic carbocycles. The number of carbonyl (C=O) groups excluding carboxylic acids is 1. The molecule has 0 amide bonds. The predicted octanol–water partition coefficient (Wildman–Crippen LogP) is 2.37. The van der Waals surface area contributed by atoms with Crippen molar-refractivity contribution in [1.82, 2.24) is 9.55 Å². The Kier molecular flexibility index (Phi) is 3.53. The molecule has 1 N–H and O–H groups in total. The van der Waals surface area contributed by atoms with Gasteiger partial charge in [-0.05, 0) is 43.9 Å². The van der Waals surface area contributed by atoms with E-state index >= 15 is 0 Å². The standard InChI is InChI=1S/C15H17FN2O3/c1-21-14(19)9-2-5-11(6-3-9)18-13-8-10(16)4-7-12(13)17-15(18)20/h4,7-9,11H,2-3,5-6H2,1H3,(H,17,20). The minimum absolute atomic E-state index is 0.00560. The Bertz CT molecular complexity index is 726. The summed E-state index contributed by atoms with van der Waals surface area (Å²) >= 11 is 0. The lowest BCUT2D eigenvalue weighted by Crippen LogP contribution is -2.29. The number of hydrogen-bond donors (Lipinski definition) is 1. The normalized spacial score (nSPS) is 22.4. The second-order valence-electron chi connectivity index (χ2n) is 5.49. The van der Waals surface area contributed by atoms with E-state index in [0.717, 1.165) is 0 Å². The average Bonchev–Trinajstić information content (AvgIpc) is 2.82. The molecule has 5 nitrogen and oxygen atoms in total. The summed E-state index contributed by atoms with van der Waals surface area (Å²) in [4.78, 5) is 26.4. The summed E-state index contributed by atoms with van der Waals surface area (Å²) in [6.45, 7) is 0. The molecule has 1 saturated carbocycles. The van der Waals surface area contributed by atoms with E-state index in [9.17, 15) is 14.0 Å². The van der Waals surface area contributed by atoms with Gasteiger partial charge < -0.3 is 9.72 Å². The fourth-order valence-corrected chi connectivity index (χ4v) is 3.19. The number of fused-ring (bicyclic) bond motifs is 1. The topological polar surface area (TPSA) is 64.1 Å². The molecule has 21 heavy (non-hydrogen) atoms. The minimum Gasteiger partial charge on any atom is -0.469 e. The van der Waals surface area contributed by atoms with Crippen LogP contribution in [0.25, 0.3) is 11.0 Å². The van der Waals surface area contributed by atoms with E-state index < -0.39 is 0 Å². The highest BCUT2D eigenvalue weighted by atomic mass is 19.1. The monoisotopic (exact) mass is 292 g/mol. The van der Waals surface area contributed by atoms with Gasteiger partial charge in [0, 0.05) is 6.04 Å². The maximum atomic E-state index is 13.4. The van der Waals surface area contributed by atoms with Crippen LogP contribution in [-0.2, 0) is 9.53 Å². The van der Waals surface area contributed by atoms with E-state index in [0.29, 0.717) is 36.7 Å². The molecule has 0 saturated heterocycles. The minimum atomic E-state index is -0.363. The Balaban J connectivity index is 1.89. The Morgan fingerprint density at radius 3 is 2.71 bits per heavy atom. The van der Waals surface area contributed by atoms with Gasteiger partial charge >= 0.3 is 11.7 Å². The van der Waals surface area contributed by atoms with Crippen molar-refractivity contribution in [2.45, 2.75) is 31.7 Å². The first kappa shape index (κ1) is 13.9. The molecule has 1 heterocycles. The number of H-pyrrole nitrogens is 1. The summed E-state index contributed by atoms with van der Waals surface area (Å²) in [7, 11) is 1.39. The fraction of sp³-hybridized carbons (Fsp3) is 0.467. The smallest absolute Gasteiger partial charge is 0.326 e. The molecule has 0 spiro atoms. The number of ether oxygens (including phenoxy) is 1. The molecule has 6 heteroatoms. The van der Waals surface area contributed by atoms with E-state index in [1.807, 2.05) is 0 Å². The first-order valence-electron chi connectivity index (χ1n) is 7.07. The molecule has 0 atom stereocenters. The summed E-state index contributed by atoms with van der Waals surface area (Å²) in [5.41, 5.74) is 0.995. The lowest BCUT2D eigenvalue weighted by atomic mass is 9.86. The van der Waals surface area contributed by atoms with Crippen LogP contribution in [0.4, 0.5) is 4.39 Å². The van der Waals surface area contributed by atoms with Gasteiger partial charge in [0.2, 0.25) is 0 Å². The number of rotatable bonds is 2. The van der Waals surface area contributed by atoms with Crippen LogP contribution in [0.3, 0.4) is 0 Å². The third-order valence-corrected chi connectivity index (χ3v) is 4.28. The maximum Gasteiger partial charge on any atom is 0.326 e. The molecule has 3 rings (SSSR count). The Morgan fingerprint density at radius 2 is 2.05 bits per heavy atom. The van der Waals surface area contributed by atoms with E-state index in [2.05, 4.69) is 4.98 Å². The molecule has 1 aromatic carbocycles. The zero-order valence-corrected chi connectivity index (χ0v) is 11.8. The largest absolute Gasteiger partial charge is 0.469 e. The lowest BCUT2D eigenvalue weighted by molar-refractivity contribution is -0.146. The number of benzene rings is 1. The first-order chi connectivity index (χ1) is 10.1. The summed E-state index contributed by atoms with van der Waals surface area (Å²) in [5, 5.41) is 0. The van der Waals surface area contributed by atoms with Crippen molar-refractivity contribution in [3.63, 3.8) is 0 Å².